The van der Waals surface area contributed by atoms with Crippen LogP contribution in [0.4, 0.5) is 0 Å². The zero-order chi connectivity index (χ0) is 29.7. The number of hydrogen-bond donors (Lipinski definition) is 2. The van der Waals surface area contributed by atoms with Crippen LogP contribution >= 0.6 is 11.6 Å². The Labute approximate surface area is 257 Å². The zero-order valence-corrected chi connectivity index (χ0v) is 26.3. The molecule has 2 N–H and O–H groups in total. The number of halogens is 1. The number of piperazine rings is 1. The van der Waals surface area contributed by atoms with Gasteiger partial charge in [0.15, 0.2) is 0 Å². The van der Waals surface area contributed by atoms with Gasteiger partial charge in [0.2, 0.25) is 11.8 Å². The number of nitrogens with one attached hydrogen (secondary N) is 2. The van der Waals surface area contributed by atoms with Gasteiger partial charge in [0, 0.05) is 62.2 Å². The van der Waals surface area contributed by atoms with E-state index in [0.29, 0.717) is 36.9 Å². The Hall–Kier alpha value is -2.45. The summed E-state index contributed by atoms with van der Waals surface area (Å²) in [5.74, 6) is 0.545. The average molecular weight is 594 g/mol. The summed E-state index contributed by atoms with van der Waals surface area (Å²) in [6.07, 6.45) is 4.34. The quantitative estimate of drug-likeness (QED) is 0.420. The zero-order valence-electron chi connectivity index (χ0n) is 25.6. The average Bonchev–Trinajstić information content (AvgIpc) is 3.40. The van der Waals surface area contributed by atoms with Crippen molar-refractivity contribution in [3.05, 3.63) is 70.2 Å². The van der Waals surface area contributed by atoms with Crippen LogP contribution in [0.15, 0.2) is 48.5 Å². The summed E-state index contributed by atoms with van der Waals surface area (Å²) < 4.78 is 0. The van der Waals surface area contributed by atoms with Crippen LogP contribution in [-0.4, -0.2) is 83.9 Å². The minimum absolute atomic E-state index is 0.0106. The fourth-order valence-electron chi connectivity index (χ4n) is 7.37. The molecular formula is C34H48ClN5O2. The minimum atomic E-state index is -0.612. The van der Waals surface area contributed by atoms with Gasteiger partial charge in [-0.15, -0.1) is 0 Å². The summed E-state index contributed by atoms with van der Waals surface area (Å²) in [5, 5.41) is 7.25. The number of fused-ring (bicyclic) bond motifs is 1. The van der Waals surface area contributed by atoms with Gasteiger partial charge >= 0.3 is 0 Å². The van der Waals surface area contributed by atoms with Crippen LogP contribution < -0.4 is 10.6 Å². The first kappa shape index (κ1) is 31.0. The Kier molecular flexibility index (Phi) is 10.3. The number of benzene rings is 2. The van der Waals surface area contributed by atoms with Crippen molar-refractivity contribution in [2.75, 3.05) is 45.8 Å². The Morgan fingerprint density at radius 3 is 2.36 bits per heavy atom. The first-order valence-corrected chi connectivity index (χ1v) is 16.3. The second-order valence-corrected chi connectivity index (χ2v) is 13.3. The van der Waals surface area contributed by atoms with Gasteiger partial charge in [0.05, 0.1) is 0 Å². The highest BCUT2D eigenvalue weighted by molar-refractivity contribution is 6.30. The van der Waals surface area contributed by atoms with E-state index in [-0.39, 0.29) is 23.4 Å². The molecule has 2 saturated heterocycles. The third kappa shape index (κ3) is 7.36. The van der Waals surface area contributed by atoms with E-state index in [4.69, 9.17) is 11.6 Å². The number of carbonyl (C=O) groups is 2. The number of nitrogens with zero attached hydrogens (tertiary/aromatic N) is 3. The molecule has 3 aliphatic rings. The lowest BCUT2D eigenvalue weighted by Gasteiger charge is -2.52. The number of piperidine rings is 1. The third-order valence-corrected chi connectivity index (χ3v) is 9.88. The smallest absolute Gasteiger partial charge is 0.245 e. The maximum absolute atomic E-state index is 14.0. The molecule has 0 bridgehead atoms. The molecule has 2 fully saturated rings. The maximum Gasteiger partial charge on any atom is 0.245 e. The largest absolute Gasteiger partial charge is 0.344 e. The molecule has 2 atom stereocenters. The summed E-state index contributed by atoms with van der Waals surface area (Å²) in [6.45, 7) is 14.3. The summed E-state index contributed by atoms with van der Waals surface area (Å²) in [4.78, 5) is 34.6. The molecule has 3 aliphatic heterocycles. The molecule has 2 aromatic carbocycles. The standard InChI is InChI=1S/C34H48ClN5O2/c1-4-38-15-13-34(14-16-38,23-25(2)3)40-19-17-39(18-20-40)33(42)31(21-26-9-11-28(35)12-10-26)37-32(41)22-30-29-8-6-5-7-27(29)24-36-30/h5-12,25,30-31,36H,4,13-24H2,1-3H3,(H,37,41). The summed E-state index contributed by atoms with van der Waals surface area (Å²) in [6, 6.07) is 15.2. The molecule has 42 heavy (non-hydrogen) atoms. The van der Waals surface area contributed by atoms with Gasteiger partial charge in [-0.2, -0.15) is 0 Å². The second-order valence-electron chi connectivity index (χ2n) is 12.9. The van der Waals surface area contributed by atoms with Crippen molar-refractivity contribution in [2.45, 2.75) is 77.0 Å². The maximum atomic E-state index is 14.0. The Balaban J connectivity index is 1.25. The number of likely N-dealkylation sites (tertiary alicyclic amines) is 1. The van der Waals surface area contributed by atoms with E-state index in [1.807, 2.05) is 41.3 Å². The van der Waals surface area contributed by atoms with Crippen LogP contribution in [0.1, 0.15) is 69.2 Å². The molecule has 7 nitrogen and oxygen atoms in total. The highest BCUT2D eigenvalue weighted by Crippen LogP contribution is 2.36. The van der Waals surface area contributed by atoms with E-state index in [9.17, 15) is 9.59 Å². The van der Waals surface area contributed by atoms with Gasteiger partial charge in [-0.05, 0) is 73.6 Å². The lowest BCUT2D eigenvalue weighted by molar-refractivity contribution is -0.139. The van der Waals surface area contributed by atoms with Crippen molar-refractivity contribution in [3.8, 4) is 0 Å². The van der Waals surface area contributed by atoms with E-state index in [1.54, 1.807) is 0 Å². The molecule has 0 aliphatic carbocycles. The van der Waals surface area contributed by atoms with Crippen molar-refractivity contribution < 1.29 is 9.59 Å². The first-order valence-electron chi connectivity index (χ1n) is 15.9. The van der Waals surface area contributed by atoms with Crippen molar-refractivity contribution in [1.82, 2.24) is 25.3 Å². The summed E-state index contributed by atoms with van der Waals surface area (Å²) >= 11 is 6.13. The third-order valence-electron chi connectivity index (χ3n) is 9.63. The van der Waals surface area contributed by atoms with Gasteiger partial charge in [0.1, 0.15) is 6.04 Å². The Morgan fingerprint density at radius 1 is 1.00 bits per heavy atom. The van der Waals surface area contributed by atoms with E-state index < -0.39 is 6.04 Å². The fraction of sp³-hybridized carbons (Fsp3) is 0.588. The molecule has 0 saturated carbocycles. The van der Waals surface area contributed by atoms with Gasteiger partial charge in [-0.25, -0.2) is 0 Å². The fourth-order valence-corrected chi connectivity index (χ4v) is 7.50. The molecule has 5 rings (SSSR count). The van der Waals surface area contributed by atoms with Crippen molar-refractivity contribution in [2.24, 2.45) is 5.92 Å². The van der Waals surface area contributed by atoms with Crippen molar-refractivity contribution >= 4 is 23.4 Å². The predicted molar refractivity (Wildman–Crippen MR) is 169 cm³/mol. The minimum Gasteiger partial charge on any atom is -0.344 e. The molecule has 0 radical (unpaired) electrons. The van der Waals surface area contributed by atoms with Crippen LogP contribution in [0.5, 0.6) is 0 Å². The molecule has 3 heterocycles. The van der Waals surface area contributed by atoms with Crippen LogP contribution in [0.3, 0.4) is 0 Å². The highest BCUT2D eigenvalue weighted by Gasteiger charge is 2.42. The number of carbonyl (C=O) groups excluding carboxylic acids is 2. The normalized spacial score (nSPS) is 21.7. The topological polar surface area (TPSA) is 67.9 Å². The van der Waals surface area contributed by atoms with E-state index in [0.717, 1.165) is 44.8 Å². The van der Waals surface area contributed by atoms with E-state index >= 15 is 0 Å². The lowest BCUT2D eigenvalue weighted by atomic mass is 9.78. The van der Waals surface area contributed by atoms with Crippen LogP contribution in [0.2, 0.25) is 5.02 Å². The second kappa shape index (κ2) is 13.9. The molecule has 0 spiro atoms. The van der Waals surface area contributed by atoms with E-state index in [1.165, 1.54) is 30.4 Å². The van der Waals surface area contributed by atoms with Crippen molar-refractivity contribution in [1.29, 1.82) is 0 Å². The molecule has 2 aromatic rings. The molecule has 8 heteroatoms. The number of amides is 2. The van der Waals surface area contributed by atoms with Crippen LogP contribution in [-0.2, 0) is 22.6 Å². The van der Waals surface area contributed by atoms with Crippen molar-refractivity contribution in [3.63, 3.8) is 0 Å². The highest BCUT2D eigenvalue weighted by atomic mass is 35.5. The van der Waals surface area contributed by atoms with Gasteiger partial charge in [-0.3, -0.25) is 14.5 Å². The molecule has 2 unspecified atom stereocenters. The monoisotopic (exact) mass is 593 g/mol. The van der Waals surface area contributed by atoms with Gasteiger partial charge in [0.25, 0.3) is 0 Å². The first-order chi connectivity index (χ1) is 20.3. The van der Waals surface area contributed by atoms with E-state index in [2.05, 4.69) is 53.3 Å². The lowest BCUT2D eigenvalue weighted by Crippen LogP contribution is -2.63. The molecule has 228 valence electrons. The molecule has 2 amide bonds. The summed E-state index contributed by atoms with van der Waals surface area (Å²) in [5.41, 5.74) is 3.61. The predicted octanol–water partition coefficient (Wildman–Crippen LogP) is 4.65. The number of rotatable bonds is 10. The molecular weight excluding hydrogens is 546 g/mol. The van der Waals surface area contributed by atoms with Gasteiger partial charge < -0.3 is 20.4 Å². The number of hydrogen-bond acceptors (Lipinski definition) is 5. The Morgan fingerprint density at radius 2 is 1.69 bits per heavy atom. The van der Waals surface area contributed by atoms with Crippen LogP contribution in [0.25, 0.3) is 0 Å². The SMILES string of the molecule is CCN1CCC(CC(C)C)(N2CCN(C(=O)C(Cc3ccc(Cl)cc3)NC(=O)CC3NCc4ccccc43)CC2)CC1. The summed E-state index contributed by atoms with van der Waals surface area (Å²) in [7, 11) is 0. The molecule has 0 aromatic heterocycles. The van der Waals surface area contributed by atoms with Crippen LogP contribution in [0, 0.1) is 5.92 Å². The Bertz CT molecular complexity index is 1200. The van der Waals surface area contributed by atoms with Gasteiger partial charge in [-0.1, -0.05) is 68.8 Å².